The molecule has 12 heteroatoms. The van der Waals surface area contributed by atoms with Crippen LogP contribution in [0.2, 0.25) is 0 Å². The number of aliphatic hydroxyl groups is 5. The summed E-state index contributed by atoms with van der Waals surface area (Å²) in [6.45, 7) is 5.74. The number of ketones is 1. The van der Waals surface area contributed by atoms with Gasteiger partial charge in [-0.15, -0.1) is 0 Å². The second-order valence-corrected chi connectivity index (χ2v) is 17.8. The molecule has 3 spiro atoms. The van der Waals surface area contributed by atoms with Crippen molar-refractivity contribution >= 4 is 11.8 Å². The first kappa shape index (κ1) is 30.8. The van der Waals surface area contributed by atoms with E-state index >= 15 is 4.79 Å². The lowest BCUT2D eigenvalue weighted by Crippen LogP contribution is -2.68. The van der Waals surface area contributed by atoms with Gasteiger partial charge in [-0.1, -0.05) is 19.4 Å². The van der Waals surface area contributed by atoms with Crippen molar-refractivity contribution in [3.05, 3.63) is 22.8 Å². The molecule has 5 saturated heterocycles. The number of carbonyl (C=O) groups is 2. The molecule has 0 amide bonds. The minimum atomic E-state index is -1.63. The van der Waals surface area contributed by atoms with Crippen LogP contribution in [0.5, 0.6) is 0 Å². The Morgan fingerprint density at radius 2 is 1.84 bits per heavy atom. The lowest BCUT2D eigenvalue weighted by Gasteiger charge is -2.62. The van der Waals surface area contributed by atoms with Crippen LogP contribution in [-0.2, 0) is 28.5 Å². The number of fused-ring (bicyclic) bond motifs is 4. The first-order valence-corrected chi connectivity index (χ1v) is 18.7. The van der Waals surface area contributed by atoms with Gasteiger partial charge < -0.3 is 44.5 Å². The van der Waals surface area contributed by atoms with Crippen LogP contribution < -0.4 is 0 Å². The van der Waals surface area contributed by atoms with Gasteiger partial charge in [-0.2, -0.15) is 0 Å². The molecule has 19 atom stereocenters. The van der Waals surface area contributed by atoms with Crippen molar-refractivity contribution in [3.63, 3.8) is 0 Å². The number of ether oxygens (including phenoxy) is 4. The third kappa shape index (κ3) is 3.02. The van der Waals surface area contributed by atoms with Crippen molar-refractivity contribution in [1.82, 2.24) is 4.90 Å². The first-order chi connectivity index (χ1) is 23.5. The second kappa shape index (κ2) is 9.43. The molecular weight excluding hydrogens is 634 g/mol. The number of allylic oxidation sites excluding steroid dienone is 1. The molecule has 5 N–H and O–H groups in total. The van der Waals surface area contributed by atoms with Crippen LogP contribution in [0.1, 0.15) is 52.4 Å². The lowest BCUT2D eigenvalue weighted by molar-refractivity contribution is -0.366. The summed E-state index contributed by atoms with van der Waals surface area (Å²) in [4.78, 5) is 32.9. The summed E-state index contributed by atoms with van der Waals surface area (Å²) in [6, 6.07) is 0.356. The Morgan fingerprint density at radius 3 is 2.61 bits per heavy atom. The average Bonchev–Trinajstić information content (AvgIpc) is 3.89. The van der Waals surface area contributed by atoms with Gasteiger partial charge >= 0.3 is 5.97 Å². The Kier molecular flexibility index (Phi) is 5.93. The molecule has 0 aromatic heterocycles. The highest BCUT2D eigenvalue weighted by molar-refractivity contribution is 5.96. The number of carbonyl (C=O) groups excluding carboxylic acids is 2. The van der Waals surface area contributed by atoms with E-state index in [9.17, 15) is 30.3 Å². The molecule has 5 aliphatic heterocycles. The van der Waals surface area contributed by atoms with Gasteiger partial charge in [0.25, 0.3) is 0 Å². The standard InChI is InChI=1S/C37H47NO11/c1-14-10-38-11-16-3-5-35-9-19(17-4-6-36(28(17)35)29(44)18(14)8-22(38)34(16,36)2)30-37(35)24-20(47-33(37)45)7-15(12-39)23(24)31(48-30)49-32-27(43)26(42)25(41)21(13-40)46-32/h7,14,16,18-27,30-32,39-43H,3-6,8-13H2,1-2H3/t14-,16-,18-,19+,20+,21-,22-,23-,24+,25-,26+,27-,30-,31+,32+,34-,35-,36+,37-/m1/s1. The van der Waals surface area contributed by atoms with Gasteiger partial charge in [-0.3, -0.25) is 14.5 Å². The number of piperidine rings is 1. The molecule has 12 nitrogen and oxygen atoms in total. The Balaban J connectivity index is 1.07. The summed E-state index contributed by atoms with van der Waals surface area (Å²) < 4.78 is 25.5. The maximum absolute atomic E-state index is 15.3. The maximum atomic E-state index is 15.3. The molecule has 0 radical (unpaired) electrons. The van der Waals surface area contributed by atoms with Gasteiger partial charge in [-0.05, 0) is 67.6 Å². The number of rotatable bonds is 4. The molecule has 6 aliphatic carbocycles. The summed E-state index contributed by atoms with van der Waals surface area (Å²) in [5.74, 6) is -0.345. The van der Waals surface area contributed by atoms with Gasteiger partial charge in [-0.25, -0.2) is 0 Å². The molecule has 0 unspecified atom stereocenters. The Bertz CT molecular complexity index is 1630. The summed E-state index contributed by atoms with van der Waals surface area (Å²) in [7, 11) is 0. The summed E-state index contributed by atoms with van der Waals surface area (Å²) in [6.07, 6.45) is -2.85. The number of hydrogen-bond donors (Lipinski definition) is 5. The second-order valence-electron chi connectivity index (χ2n) is 17.8. The van der Waals surface area contributed by atoms with E-state index in [1.165, 1.54) is 11.1 Å². The minimum absolute atomic E-state index is 0.0200. The van der Waals surface area contributed by atoms with E-state index in [0.717, 1.165) is 51.6 Å². The highest BCUT2D eigenvalue weighted by Gasteiger charge is 2.88. The van der Waals surface area contributed by atoms with E-state index in [-0.39, 0.29) is 29.8 Å². The number of aliphatic hydroxyl groups excluding tert-OH is 5. The maximum Gasteiger partial charge on any atom is 0.316 e. The molecule has 0 aromatic carbocycles. The van der Waals surface area contributed by atoms with Gasteiger partial charge in [0, 0.05) is 53.6 Å². The van der Waals surface area contributed by atoms with Crippen LogP contribution in [-0.4, -0.2) is 124 Å². The smallest absolute Gasteiger partial charge is 0.316 e. The highest BCUT2D eigenvalue weighted by atomic mass is 16.8. The zero-order valence-corrected chi connectivity index (χ0v) is 27.9. The molecule has 266 valence electrons. The fourth-order valence-electron chi connectivity index (χ4n) is 15.3. The van der Waals surface area contributed by atoms with E-state index in [2.05, 4.69) is 18.7 Å². The molecule has 4 bridgehead atoms. The van der Waals surface area contributed by atoms with E-state index in [0.29, 0.717) is 29.2 Å². The van der Waals surface area contributed by atoms with Crippen LogP contribution in [0.25, 0.3) is 0 Å². The van der Waals surface area contributed by atoms with Crippen LogP contribution in [0, 0.1) is 57.2 Å². The zero-order valence-electron chi connectivity index (χ0n) is 27.9. The number of esters is 1. The van der Waals surface area contributed by atoms with Crippen molar-refractivity contribution in [2.75, 3.05) is 26.3 Å². The summed E-state index contributed by atoms with van der Waals surface area (Å²) >= 11 is 0. The van der Waals surface area contributed by atoms with E-state index in [1.807, 2.05) is 6.08 Å². The van der Waals surface area contributed by atoms with Gasteiger partial charge in [0.05, 0.1) is 24.7 Å². The third-order valence-corrected chi connectivity index (χ3v) is 16.9. The molecule has 5 heterocycles. The lowest BCUT2D eigenvalue weighted by atomic mass is 9.41. The molecular formula is C37H47NO11. The Hall–Kier alpha value is -1.74. The molecule has 3 saturated carbocycles. The van der Waals surface area contributed by atoms with Crippen molar-refractivity contribution in [2.45, 2.75) is 108 Å². The van der Waals surface area contributed by atoms with E-state index < -0.39 is 83.9 Å². The van der Waals surface area contributed by atoms with Gasteiger partial charge in [0.1, 0.15) is 41.7 Å². The van der Waals surface area contributed by atoms with Crippen LogP contribution >= 0.6 is 0 Å². The van der Waals surface area contributed by atoms with Crippen molar-refractivity contribution in [1.29, 1.82) is 0 Å². The Morgan fingerprint density at radius 1 is 1.02 bits per heavy atom. The van der Waals surface area contributed by atoms with Crippen LogP contribution in [0.4, 0.5) is 0 Å². The number of Topliss-reactive ketones (excluding diaryl/α,β-unsaturated/α-hetero) is 1. The van der Waals surface area contributed by atoms with Crippen LogP contribution in [0.15, 0.2) is 22.8 Å². The number of nitrogens with zero attached hydrogens (tertiary/aromatic N) is 1. The van der Waals surface area contributed by atoms with Crippen molar-refractivity contribution < 1.29 is 54.1 Å². The van der Waals surface area contributed by atoms with Crippen LogP contribution in [0.3, 0.4) is 0 Å². The Labute approximate surface area is 284 Å². The molecule has 11 aliphatic rings. The predicted molar refractivity (Wildman–Crippen MR) is 166 cm³/mol. The molecule has 8 fully saturated rings. The number of hydrogen-bond acceptors (Lipinski definition) is 12. The first-order valence-electron chi connectivity index (χ1n) is 18.7. The highest BCUT2D eigenvalue weighted by Crippen LogP contribution is 2.86. The summed E-state index contributed by atoms with van der Waals surface area (Å²) in [5.41, 5.74) is 0.692. The van der Waals surface area contributed by atoms with E-state index in [4.69, 9.17) is 18.9 Å². The van der Waals surface area contributed by atoms with Gasteiger partial charge in [0.2, 0.25) is 0 Å². The molecule has 49 heavy (non-hydrogen) atoms. The predicted octanol–water partition coefficient (Wildman–Crippen LogP) is 0.0402. The monoisotopic (exact) mass is 681 g/mol. The topological polar surface area (TPSA) is 175 Å². The molecule has 0 aromatic rings. The quantitative estimate of drug-likeness (QED) is 0.199. The zero-order chi connectivity index (χ0) is 33.7. The fourth-order valence-corrected chi connectivity index (χ4v) is 15.3. The largest absolute Gasteiger partial charge is 0.457 e. The average molecular weight is 682 g/mol. The van der Waals surface area contributed by atoms with Gasteiger partial charge in [0.15, 0.2) is 12.6 Å². The minimum Gasteiger partial charge on any atom is -0.457 e. The molecule has 11 rings (SSSR count). The summed E-state index contributed by atoms with van der Waals surface area (Å²) in [5, 5.41) is 52.4. The fraction of sp³-hybridized carbons (Fsp3) is 0.838. The third-order valence-electron chi connectivity index (χ3n) is 16.9. The normalized spacial score (nSPS) is 60.3. The SMILES string of the molecule is C[C@@H]1CN2C[C@H]3CC[C@@]45C[C@@H](C6=C4[C@@]4(CC6)C(=O)[C@@H]1C[C@@H]2[C@@]34C)[C@H]1O[C@@H](O[C@@H]2O[C@H](CO)[C@@H](O)[C@H](O)[C@H]2O)[C@@H]2C(CO)=C[C@@H]3OC(=O)[C@@]15[C@H]23. The van der Waals surface area contributed by atoms with E-state index in [1.54, 1.807) is 0 Å². The van der Waals surface area contributed by atoms with Crippen molar-refractivity contribution in [2.24, 2.45) is 57.2 Å². The van der Waals surface area contributed by atoms with Crippen molar-refractivity contribution in [3.8, 4) is 0 Å².